The molecule has 1 aromatic carbocycles. The summed E-state index contributed by atoms with van der Waals surface area (Å²) in [5, 5.41) is 13.2. The van der Waals surface area contributed by atoms with Crippen molar-refractivity contribution in [3.8, 4) is 0 Å². The van der Waals surface area contributed by atoms with Gasteiger partial charge in [-0.05, 0) is 12.5 Å². The fourth-order valence-corrected chi connectivity index (χ4v) is 2.96. The molecule has 112 valence electrons. The number of nitrogens with zero attached hydrogens (tertiary/aromatic N) is 1. The van der Waals surface area contributed by atoms with Crippen molar-refractivity contribution in [1.82, 2.24) is 5.32 Å². The number of hydrogen-bond donors (Lipinski definition) is 2. The van der Waals surface area contributed by atoms with Crippen LogP contribution >= 0.6 is 0 Å². The van der Waals surface area contributed by atoms with Gasteiger partial charge < -0.3 is 15.8 Å². The molecule has 2 fully saturated rings. The number of nitrogens with two attached hydrogens (primary N) is 1. The first-order valence-electron chi connectivity index (χ1n) is 6.61. The first kappa shape index (κ1) is 13.9. The second kappa shape index (κ2) is 5.05. The summed E-state index contributed by atoms with van der Waals surface area (Å²) in [5.41, 5.74) is 5.32. The standard InChI is InChI=1S/C13H14FN3O4/c14-9-5-6(17(19)20)1-2-7(9)13(18)16-11-10(15)8-3-4-21-12(8)11/h1-2,5,8,10-12H,3-4,15H2,(H,16,18). The third kappa shape index (κ3) is 2.26. The molecule has 1 saturated heterocycles. The van der Waals surface area contributed by atoms with E-state index in [1.807, 2.05) is 0 Å². The number of amides is 1. The fourth-order valence-electron chi connectivity index (χ4n) is 2.96. The van der Waals surface area contributed by atoms with Gasteiger partial charge in [0, 0.05) is 24.6 Å². The molecule has 1 aliphatic carbocycles. The SMILES string of the molecule is NC1C2CCOC2C1NC(=O)c1ccc([N+](=O)[O-])cc1F. The van der Waals surface area contributed by atoms with E-state index in [1.165, 1.54) is 0 Å². The minimum Gasteiger partial charge on any atom is -0.376 e. The predicted molar refractivity (Wildman–Crippen MR) is 70.1 cm³/mol. The molecule has 3 N–H and O–H groups in total. The molecule has 1 saturated carbocycles. The van der Waals surface area contributed by atoms with E-state index in [0.29, 0.717) is 6.61 Å². The molecule has 1 heterocycles. The number of non-ortho nitro benzene ring substituents is 1. The van der Waals surface area contributed by atoms with Crippen molar-refractivity contribution in [3.63, 3.8) is 0 Å². The first-order valence-corrected chi connectivity index (χ1v) is 6.61. The maximum Gasteiger partial charge on any atom is 0.272 e. The number of hydrogen-bond acceptors (Lipinski definition) is 5. The van der Waals surface area contributed by atoms with Crippen LogP contribution in [0.5, 0.6) is 0 Å². The molecule has 7 nitrogen and oxygen atoms in total. The zero-order chi connectivity index (χ0) is 15.1. The Bertz CT molecular complexity index is 609. The normalized spacial score (nSPS) is 30.4. The Labute approximate surface area is 119 Å². The number of benzene rings is 1. The summed E-state index contributed by atoms with van der Waals surface area (Å²) in [5.74, 6) is -1.34. The Kier molecular flexibility index (Phi) is 3.34. The van der Waals surface area contributed by atoms with Crippen LogP contribution in [0.15, 0.2) is 18.2 Å². The molecular weight excluding hydrogens is 281 g/mol. The van der Waals surface area contributed by atoms with Crippen molar-refractivity contribution in [2.24, 2.45) is 11.7 Å². The van der Waals surface area contributed by atoms with Gasteiger partial charge in [0.05, 0.1) is 28.7 Å². The van der Waals surface area contributed by atoms with E-state index in [4.69, 9.17) is 10.5 Å². The molecule has 0 radical (unpaired) electrons. The smallest absolute Gasteiger partial charge is 0.272 e. The highest BCUT2D eigenvalue weighted by Crippen LogP contribution is 2.37. The summed E-state index contributed by atoms with van der Waals surface area (Å²) in [4.78, 5) is 21.9. The number of rotatable bonds is 3. The van der Waals surface area contributed by atoms with E-state index < -0.39 is 22.3 Å². The molecule has 8 heteroatoms. The van der Waals surface area contributed by atoms with Crippen LogP contribution in [-0.4, -0.2) is 35.6 Å². The molecule has 21 heavy (non-hydrogen) atoms. The van der Waals surface area contributed by atoms with Crippen molar-refractivity contribution in [2.75, 3.05) is 6.61 Å². The van der Waals surface area contributed by atoms with Crippen LogP contribution in [0.1, 0.15) is 16.8 Å². The molecule has 4 atom stereocenters. The summed E-state index contributed by atoms with van der Waals surface area (Å²) in [6, 6.07) is 2.36. The second-order valence-corrected chi connectivity index (χ2v) is 5.29. The average Bonchev–Trinajstić information content (AvgIpc) is 2.89. The average molecular weight is 295 g/mol. The van der Waals surface area contributed by atoms with Gasteiger partial charge in [-0.25, -0.2) is 4.39 Å². The van der Waals surface area contributed by atoms with Crippen LogP contribution in [0.3, 0.4) is 0 Å². The summed E-state index contributed by atoms with van der Waals surface area (Å²) in [7, 11) is 0. The van der Waals surface area contributed by atoms with Gasteiger partial charge in [-0.15, -0.1) is 0 Å². The number of carbonyl (C=O) groups is 1. The number of nitrogens with one attached hydrogen (secondary N) is 1. The van der Waals surface area contributed by atoms with E-state index in [2.05, 4.69) is 5.32 Å². The van der Waals surface area contributed by atoms with Gasteiger partial charge in [0.25, 0.3) is 11.6 Å². The first-order chi connectivity index (χ1) is 9.99. The maximum absolute atomic E-state index is 13.8. The lowest BCUT2D eigenvalue weighted by Gasteiger charge is -2.45. The Hall–Kier alpha value is -2.06. The van der Waals surface area contributed by atoms with E-state index in [1.54, 1.807) is 0 Å². The molecule has 1 aliphatic heterocycles. The van der Waals surface area contributed by atoms with Crippen molar-refractivity contribution >= 4 is 11.6 Å². The van der Waals surface area contributed by atoms with Crippen LogP contribution in [-0.2, 0) is 4.74 Å². The van der Waals surface area contributed by atoms with E-state index >= 15 is 0 Å². The van der Waals surface area contributed by atoms with Crippen molar-refractivity contribution < 1.29 is 18.8 Å². The van der Waals surface area contributed by atoms with Crippen molar-refractivity contribution in [1.29, 1.82) is 0 Å². The zero-order valence-corrected chi connectivity index (χ0v) is 11.0. The lowest BCUT2D eigenvalue weighted by molar-refractivity contribution is -0.385. The van der Waals surface area contributed by atoms with Crippen LogP contribution in [0.4, 0.5) is 10.1 Å². The molecule has 1 amide bonds. The summed E-state index contributed by atoms with van der Waals surface area (Å²) in [6.07, 6.45) is 0.745. The van der Waals surface area contributed by atoms with Crippen LogP contribution in [0.25, 0.3) is 0 Å². The van der Waals surface area contributed by atoms with Crippen LogP contribution in [0.2, 0.25) is 0 Å². The Morgan fingerprint density at radius 1 is 1.52 bits per heavy atom. The number of fused-ring (bicyclic) bond motifs is 1. The quantitative estimate of drug-likeness (QED) is 0.626. The Morgan fingerprint density at radius 3 is 2.95 bits per heavy atom. The lowest BCUT2D eigenvalue weighted by Crippen LogP contribution is -2.69. The highest BCUT2D eigenvalue weighted by molar-refractivity contribution is 5.95. The third-order valence-electron chi connectivity index (χ3n) is 4.15. The monoisotopic (exact) mass is 295 g/mol. The second-order valence-electron chi connectivity index (χ2n) is 5.29. The number of nitro benzene ring substituents is 1. The molecule has 1 aromatic rings. The van der Waals surface area contributed by atoms with Crippen molar-refractivity contribution in [3.05, 3.63) is 39.7 Å². The van der Waals surface area contributed by atoms with Gasteiger partial charge in [-0.3, -0.25) is 14.9 Å². The van der Waals surface area contributed by atoms with Gasteiger partial charge >= 0.3 is 0 Å². The van der Waals surface area contributed by atoms with Gasteiger partial charge in [-0.1, -0.05) is 0 Å². The number of nitro groups is 1. The van der Waals surface area contributed by atoms with E-state index in [-0.39, 0.29) is 29.7 Å². The van der Waals surface area contributed by atoms with Gasteiger partial charge in [0.2, 0.25) is 0 Å². The molecule has 0 spiro atoms. The van der Waals surface area contributed by atoms with Crippen LogP contribution in [0, 0.1) is 21.8 Å². The third-order valence-corrected chi connectivity index (χ3v) is 4.15. The Morgan fingerprint density at radius 2 is 2.29 bits per heavy atom. The van der Waals surface area contributed by atoms with E-state index in [9.17, 15) is 19.3 Å². The molecule has 2 aliphatic rings. The highest BCUT2D eigenvalue weighted by atomic mass is 19.1. The number of carbonyl (C=O) groups excluding carboxylic acids is 1. The zero-order valence-electron chi connectivity index (χ0n) is 11.0. The summed E-state index contributed by atoms with van der Waals surface area (Å²) in [6.45, 7) is 0.612. The van der Waals surface area contributed by atoms with E-state index in [0.717, 1.165) is 24.6 Å². The largest absolute Gasteiger partial charge is 0.376 e. The van der Waals surface area contributed by atoms with Gasteiger partial charge in [-0.2, -0.15) is 0 Å². The van der Waals surface area contributed by atoms with Crippen molar-refractivity contribution in [2.45, 2.75) is 24.6 Å². The molecule has 0 bridgehead atoms. The minimum atomic E-state index is -0.932. The molecule has 3 rings (SSSR count). The molecule has 4 unspecified atom stereocenters. The van der Waals surface area contributed by atoms with Crippen LogP contribution < -0.4 is 11.1 Å². The number of halogens is 1. The van der Waals surface area contributed by atoms with Gasteiger partial charge in [0.15, 0.2) is 0 Å². The topological polar surface area (TPSA) is 107 Å². The number of ether oxygens (including phenoxy) is 1. The minimum absolute atomic E-state index is 0.120. The Balaban J connectivity index is 1.72. The maximum atomic E-state index is 13.8. The summed E-state index contributed by atoms with van der Waals surface area (Å²) < 4.78 is 19.2. The highest BCUT2D eigenvalue weighted by Gasteiger charge is 2.52. The molecule has 0 aromatic heterocycles. The summed E-state index contributed by atoms with van der Waals surface area (Å²) >= 11 is 0. The molecular formula is C13H14FN3O4. The lowest BCUT2D eigenvalue weighted by atomic mass is 9.72. The predicted octanol–water partition coefficient (Wildman–Crippen LogP) is 0.578. The van der Waals surface area contributed by atoms with Gasteiger partial charge in [0.1, 0.15) is 5.82 Å². The fraction of sp³-hybridized carbons (Fsp3) is 0.462.